The van der Waals surface area contributed by atoms with Gasteiger partial charge in [0.2, 0.25) is 0 Å². The molecule has 0 bridgehead atoms. The van der Waals surface area contributed by atoms with Crippen molar-refractivity contribution in [3.05, 3.63) is 77.2 Å². The summed E-state index contributed by atoms with van der Waals surface area (Å²) < 4.78 is 1.38. The molecule has 0 aromatic carbocycles. The predicted octanol–water partition coefficient (Wildman–Crippen LogP) is 3.94. The van der Waals surface area contributed by atoms with E-state index in [9.17, 15) is 0 Å². The fourth-order valence-corrected chi connectivity index (χ4v) is 3.53. The molecule has 0 saturated heterocycles. The molecular formula is C19H19N2W. The van der Waals surface area contributed by atoms with Crippen LogP contribution in [-0.2, 0) is 19.4 Å². The van der Waals surface area contributed by atoms with E-state index >= 15 is 0 Å². The predicted molar refractivity (Wildman–Crippen MR) is 88.3 cm³/mol. The van der Waals surface area contributed by atoms with Crippen molar-refractivity contribution in [2.45, 2.75) is 26.2 Å². The summed E-state index contributed by atoms with van der Waals surface area (Å²) in [7, 11) is 0. The molecule has 2 rings (SSSR count). The van der Waals surface area contributed by atoms with E-state index in [0.29, 0.717) is 0 Å². The third kappa shape index (κ3) is 5.17. The van der Waals surface area contributed by atoms with Gasteiger partial charge in [0.15, 0.2) is 0 Å². The van der Waals surface area contributed by atoms with Crippen molar-refractivity contribution < 1.29 is 19.4 Å². The van der Waals surface area contributed by atoms with E-state index in [0.717, 1.165) is 24.8 Å². The number of nitriles is 1. The van der Waals surface area contributed by atoms with E-state index in [1.54, 1.807) is 0 Å². The monoisotopic (exact) mass is 459 g/mol. The van der Waals surface area contributed by atoms with Gasteiger partial charge in [-0.15, -0.1) is 0 Å². The van der Waals surface area contributed by atoms with E-state index < -0.39 is 0 Å². The molecule has 0 radical (unpaired) electrons. The minimum atomic E-state index is 0.730. The Balaban J connectivity index is 1.94. The molecule has 1 aliphatic rings. The molecule has 0 fully saturated rings. The molecule has 0 N–H and O–H groups in total. The molecule has 0 saturated carbocycles. The second-order valence-electron chi connectivity index (χ2n) is 5.28. The van der Waals surface area contributed by atoms with Crippen molar-refractivity contribution >= 4 is 3.90 Å². The van der Waals surface area contributed by atoms with Crippen molar-refractivity contribution in [2.24, 2.45) is 0 Å². The molecule has 0 spiro atoms. The SMILES string of the molecule is C/C(=C\[C](=[WH])c1ccncc1)CCC1=CC=C(C#N)C=CC1. The standard InChI is InChI=1S/C19H18N2.W.H/c1-16(6-8-18-11-13-21-14-12-18)5-7-17-3-2-4-19(15-20)10-9-17;;/h2,4,6,9-14H,3,5,7H2,1H3;;/b16-6+;;. The van der Waals surface area contributed by atoms with Gasteiger partial charge < -0.3 is 0 Å². The normalized spacial score (nSPS) is 14.6. The van der Waals surface area contributed by atoms with Crippen molar-refractivity contribution in [3.63, 3.8) is 0 Å². The van der Waals surface area contributed by atoms with E-state index in [1.165, 1.54) is 40.0 Å². The van der Waals surface area contributed by atoms with Gasteiger partial charge >= 0.3 is 143 Å². The third-order valence-electron chi connectivity index (χ3n) is 3.50. The summed E-state index contributed by atoms with van der Waals surface area (Å²) in [6, 6.07) is 6.31. The fourth-order valence-electron chi connectivity index (χ4n) is 2.20. The van der Waals surface area contributed by atoms with E-state index in [-0.39, 0.29) is 0 Å². The average Bonchev–Trinajstić information content (AvgIpc) is 2.79. The van der Waals surface area contributed by atoms with Gasteiger partial charge in [-0.25, -0.2) is 0 Å². The van der Waals surface area contributed by atoms with Crippen LogP contribution in [-0.4, -0.2) is 8.88 Å². The third-order valence-corrected chi connectivity index (χ3v) is 4.90. The Hall–Kier alpha value is -1.84. The summed E-state index contributed by atoms with van der Waals surface area (Å²) in [6.45, 7) is 2.19. The number of aromatic nitrogens is 1. The van der Waals surface area contributed by atoms with Crippen molar-refractivity contribution in [1.82, 2.24) is 4.98 Å². The van der Waals surface area contributed by atoms with Crippen LogP contribution in [0.25, 0.3) is 0 Å². The first-order valence-corrected chi connectivity index (χ1v) is 8.89. The van der Waals surface area contributed by atoms with Crippen LogP contribution in [0.5, 0.6) is 0 Å². The number of nitrogens with zero attached hydrogens (tertiary/aromatic N) is 2. The molecule has 0 unspecified atom stereocenters. The van der Waals surface area contributed by atoms with Crippen molar-refractivity contribution in [3.8, 4) is 6.07 Å². The molecule has 0 amide bonds. The molecule has 0 atom stereocenters. The van der Waals surface area contributed by atoms with Gasteiger partial charge in [-0.2, -0.15) is 0 Å². The van der Waals surface area contributed by atoms with Gasteiger partial charge in [-0.1, -0.05) is 0 Å². The zero-order chi connectivity index (χ0) is 15.8. The van der Waals surface area contributed by atoms with Crippen LogP contribution in [0.2, 0.25) is 0 Å². The Morgan fingerprint density at radius 1 is 1.36 bits per heavy atom. The maximum absolute atomic E-state index is 8.92. The molecule has 2 nitrogen and oxygen atoms in total. The molecule has 3 heteroatoms. The quantitative estimate of drug-likeness (QED) is 0.669. The first-order valence-electron chi connectivity index (χ1n) is 7.29. The number of rotatable bonds is 5. The first kappa shape index (κ1) is 16.5. The maximum atomic E-state index is 8.92. The van der Waals surface area contributed by atoms with Crippen LogP contribution in [0.1, 0.15) is 31.7 Å². The molecule has 111 valence electrons. The minimum absolute atomic E-state index is 0.730. The molecule has 1 heterocycles. The van der Waals surface area contributed by atoms with Gasteiger partial charge in [0.05, 0.1) is 0 Å². The summed E-state index contributed by atoms with van der Waals surface area (Å²) in [5, 5.41) is 8.92. The summed E-state index contributed by atoms with van der Waals surface area (Å²) in [6.07, 6.45) is 17.0. The number of pyridine rings is 1. The van der Waals surface area contributed by atoms with Crippen LogP contribution in [0.4, 0.5) is 0 Å². The van der Waals surface area contributed by atoms with Gasteiger partial charge in [-0.3, -0.25) is 0 Å². The fraction of sp³-hybridized carbons (Fsp3) is 0.211. The molecule has 1 aliphatic carbocycles. The number of hydrogen-bond acceptors (Lipinski definition) is 2. The Kier molecular flexibility index (Phi) is 6.43. The number of allylic oxidation sites excluding steroid dienone is 8. The molecule has 1 aromatic heterocycles. The zero-order valence-corrected chi connectivity index (χ0v) is 15.9. The van der Waals surface area contributed by atoms with E-state index in [2.05, 4.69) is 48.3 Å². The van der Waals surface area contributed by atoms with Crippen LogP contribution in [0.15, 0.2) is 71.6 Å². The topological polar surface area (TPSA) is 36.7 Å². The van der Waals surface area contributed by atoms with Crippen LogP contribution < -0.4 is 0 Å². The van der Waals surface area contributed by atoms with Crippen LogP contribution in [0, 0.1) is 11.3 Å². The Morgan fingerprint density at radius 3 is 2.86 bits per heavy atom. The van der Waals surface area contributed by atoms with Gasteiger partial charge in [0.1, 0.15) is 0 Å². The van der Waals surface area contributed by atoms with Crippen LogP contribution >= 0.6 is 0 Å². The zero-order valence-electron chi connectivity index (χ0n) is 12.7. The number of hydrogen-bond donors (Lipinski definition) is 0. The molecule has 0 aliphatic heterocycles. The van der Waals surface area contributed by atoms with Gasteiger partial charge in [0.25, 0.3) is 0 Å². The van der Waals surface area contributed by atoms with Gasteiger partial charge in [0, 0.05) is 0 Å². The average molecular weight is 459 g/mol. The Morgan fingerprint density at radius 2 is 2.14 bits per heavy atom. The van der Waals surface area contributed by atoms with E-state index in [1.807, 2.05) is 24.5 Å². The molecule has 1 aromatic rings. The van der Waals surface area contributed by atoms with Crippen molar-refractivity contribution in [2.75, 3.05) is 0 Å². The summed E-state index contributed by atoms with van der Waals surface area (Å²) >= 11 is 1.25. The molecule has 22 heavy (non-hydrogen) atoms. The van der Waals surface area contributed by atoms with Crippen molar-refractivity contribution in [1.29, 1.82) is 5.26 Å². The summed E-state index contributed by atoms with van der Waals surface area (Å²) in [4.78, 5) is 4.06. The Labute approximate surface area is 143 Å². The van der Waals surface area contributed by atoms with Crippen LogP contribution in [0.3, 0.4) is 0 Å². The van der Waals surface area contributed by atoms with Gasteiger partial charge in [-0.05, 0) is 0 Å². The summed E-state index contributed by atoms with van der Waals surface area (Å²) in [5.41, 5.74) is 4.77. The summed E-state index contributed by atoms with van der Waals surface area (Å²) in [5.74, 6) is 0. The second kappa shape index (κ2) is 8.56. The molecular weight excluding hydrogens is 440 g/mol. The Bertz CT molecular complexity index is 701. The first-order chi connectivity index (χ1) is 10.7. The van der Waals surface area contributed by atoms with E-state index in [4.69, 9.17) is 5.26 Å². The second-order valence-corrected chi connectivity index (χ2v) is 7.01.